The van der Waals surface area contributed by atoms with Crippen LogP contribution in [0.15, 0.2) is 48.7 Å². The van der Waals surface area contributed by atoms with Gasteiger partial charge in [-0.2, -0.15) is 5.26 Å². The molecule has 1 heterocycles. The Morgan fingerprint density at radius 3 is 2.86 bits per heavy atom. The minimum atomic E-state index is 0.554. The van der Waals surface area contributed by atoms with Crippen molar-refractivity contribution in [2.24, 2.45) is 0 Å². The second-order valence-corrected chi connectivity index (χ2v) is 5.24. The van der Waals surface area contributed by atoms with Crippen molar-refractivity contribution in [3.63, 3.8) is 0 Å². The fourth-order valence-corrected chi connectivity index (χ4v) is 2.60. The highest BCUT2D eigenvalue weighted by Crippen LogP contribution is 2.30. The lowest BCUT2D eigenvalue weighted by Gasteiger charge is -2.05. The summed E-state index contributed by atoms with van der Waals surface area (Å²) in [6.45, 7) is 0. The number of nitrogens with zero attached hydrogens (tertiary/aromatic N) is 1. The van der Waals surface area contributed by atoms with Crippen molar-refractivity contribution in [2.45, 2.75) is 0 Å². The van der Waals surface area contributed by atoms with Gasteiger partial charge in [0.2, 0.25) is 0 Å². The van der Waals surface area contributed by atoms with E-state index in [0.717, 1.165) is 27.8 Å². The van der Waals surface area contributed by atoms with Gasteiger partial charge in [0, 0.05) is 33.2 Å². The van der Waals surface area contributed by atoms with Crippen molar-refractivity contribution in [1.29, 1.82) is 5.26 Å². The molecule has 22 heavy (non-hydrogen) atoms. The Kier molecular flexibility index (Phi) is 3.86. The largest absolute Gasteiger partial charge is 0.496 e. The predicted octanol–water partition coefficient (Wildman–Crippen LogP) is 4.89. The fraction of sp³-hybridized carbons (Fsp3) is 0.0556. The molecule has 0 saturated heterocycles. The van der Waals surface area contributed by atoms with E-state index in [1.165, 1.54) is 0 Å². The van der Waals surface area contributed by atoms with Crippen LogP contribution in [-0.4, -0.2) is 12.1 Å². The highest BCUT2D eigenvalue weighted by Gasteiger charge is 2.10. The van der Waals surface area contributed by atoms with Crippen molar-refractivity contribution in [3.8, 4) is 11.8 Å². The number of nitrogens with one attached hydrogen (secondary N) is 1. The maximum atomic E-state index is 9.55. The second-order valence-electron chi connectivity index (χ2n) is 4.80. The first kappa shape index (κ1) is 14.2. The van der Waals surface area contributed by atoms with Crippen molar-refractivity contribution in [3.05, 3.63) is 64.8 Å². The number of nitriles is 1. The molecule has 0 aliphatic heterocycles. The number of aromatic amines is 1. The lowest BCUT2D eigenvalue weighted by molar-refractivity contribution is 0.414. The summed E-state index contributed by atoms with van der Waals surface area (Å²) in [6.07, 6.45) is 3.65. The molecule has 0 atom stereocenters. The molecule has 0 aliphatic carbocycles. The summed E-state index contributed by atoms with van der Waals surface area (Å²) in [4.78, 5) is 3.16. The van der Waals surface area contributed by atoms with E-state index >= 15 is 0 Å². The highest BCUT2D eigenvalue weighted by atomic mass is 35.5. The zero-order chi connectivity index (χ0) is 15.5. The quantitative estimate of drug-likeness (QED) is 0.700. The van der Waals surface area contributed by atoms with Gasteiger partial charge in [0.1, 0.15) is 5.75 Å². The van der Waals surface area contributed by atoms with E-state index in [0.29, 0.717) is 10.6 Å². The summed E-state index contributed by atoms with van der Waals surface area (Å²) in [5.41, 5.74) is 3.18. The molecule has 3 rings (SSSR count). The number of H-pyrrole nitrogens is 1. The normalized spacial score (nSPS) is 11.4. The van der Waals surface area contributed by atoms with Crippen LogP contribution in [0.1, 0.15) is 11.1 Å². The summed E-state index contributed by atoms with van der Waals surface area (Å²) >= 11 is 6.07. The smallest absolute Gasteiger partial charge is 0.126 e. The summed E-state index contributed by atoms with van der Waals surface area (Å²) in [5.74, 6) is 0.730. The van der Waals surface area contributed by atoms with E-state index in [1.807, 2.05) is 54.7 Å². The monoisotopic (exact) mass is 308 g/mol. The number of aromatic nitrogens is 1. The molecule has 0 radical (unpaired) electrons. The Labute approximate surface area is 133 Å². The van der Waals surface area contributed by atoms with Gasteiger partial charge < -0.3 is 9.72 Å². The van der Waals surface area contributed by atoms with Gasteiger partial charge in [0.25, 0.3) is 0 Å². The molecule has 0 spiro atoms. The standard InChI is InChI=1S/C18H13ClN2O/c1-22-18-5-3-2-4-12(18)8-13(10-20)16-11-21-17-7-6-14(19)9-15(16)17/h2-9,11,21H,1H3/b13-8+. The maximum Gasteiger partial charge on any atom is 0.126 e. The number of hydrogen-bond acceptors (Lipinski definition) is 2. The van der Waals surface area contributed by atoms with Crippen LogP contribution in [0.25, 0.3) is 22.6 Å². The molecular formula is C18H13ClN2O. The summed E-state index contributed by atoms with van der Waals surface area (Å²) < 4.78 is 5.33. The van der Waals surface area contributed by atoms with Crippen LogP contribution < -0.4 is 4.74 Å². The van der Waals surface area contributed by atoms with E-state index < -0.39 is 0 Å². The average Bonchev–Trinajstić information content (AvgIpc) is 2.95. The average molecular weight is 309 g/mol. The highest BCUT2D eigenvalue weighted by molar-refractivity contribution is 6.31. The van der Waals surface area contributed by atoms with Gasteiger partial charge in [-0.25, -0.2) is 0 Å². The second kappa shape index (κ2) is 5.97. The number of rotatable bonds is 3. The summed E-state index contributed by atoms with van der Waals surface area (Å²) in [7, 11) is 1.62. The first-order chi connectivity index (χ1) is 10.7. The van der Waals surface area contributed by atoms with Crippen molar-refractivity contribution < 1.29 is 4.74 Å². The molecule has 0 unspecified atom stereocenters. The molecular weight excluding hydrogens is 296 g/mol. The van der Waals surface area contributed by atoms with E-state index in [2.05, 4.69) is 11.1 Å². The van der Waals surface area contributed by atoms with Crippen LogP contribution in [-0.2, 0) is 0 Å². The fourth-order valence-electron chi connectivity index (χ4n) is 2.43. The number of para-hydroxylation sites is 1. The Hall–Kier alpha value is -2.70. The topological polar surface area (TPSA) is 48.8 Å². The number of hydrogen-bond donors (Lipinski definition) is 1. The van der Waals surface area contributed by atoms with Gasteiger partial charge in [-0.15, -0.1) is 0 Å². The van der Waals surface area contributed by atoms with Gasteiger partial charge in [0.15, 0.2) is 0 Å². The molecule has 0 aliphatic rings. The number of halogens is 1. The van der Waals surface area contributed by atoms with Crippen LogP contribution in [0.2, 0.25) is 5.02 Å². The molecule has 3 aromatic rings. The Morgan fingerprint density at radius 1 is 1.27 bits per heavy atom. The van der Waals surface area contributed by atoms with Crippen molar-refractivity contribution in [2.75, 3.05) is 7.11 Å². The van der Waals surface area contributed by atoms with E-state index in [4.69, 9.17) is 16.3 Å². The van der Waals surface area contributed by atoms with Crippen LogP contribution in [0, 0.1) is 11.3 Å². The van der Waals surface area contributed by atoms with Gasteiger partial charge in [-0.1, -0.05) is 29.8 Å². The van der Waals surface area contributed by atoms with E-state index in [-0.39, 0.29) is 0 Å². The SMILES string of the molecule is COc1ccccc1/C=C(\C#N)c1c[nH]c2ccc(Cl)cc12. The molecule has 0 fully saturated rings. The van der Waals surface area contributed by atoms with Gasteiger partial charge in [-0.05, 0) is 30.3 Å². The molecule has 3 nitrogen and oxygen atoms in total. The molecule has 4 heteroatoms. The molecule has 2 aromatic carbocycles. The number of ether oxygens (including phenoxy) is 1. The van der Waals surface area contributed by atoms with Crippen LogP contribution in [0.3, 0.4) is 0 Å². The summed E-state index contributed by atoms with van der Waals surface area (Å²) in [6, 6.07) is 15.4. The van der Waals surface area contributed by atoms with E-state index in [1.54, 1.807) is 7.11 Å². The van der Waals surface area contributed by atoms with Crippen LogP contribution in [0.4, 0.5) is 0 Å². The number of benzene rings is 2. The van der Waals surface area contributed by atoms with E-state index in [9.17, 15) is 5.26 Å². The number of allylic oxidation sites excluding steroid dienone is 1. The minimum Gasteiger partial charge on any atom is -0.496 e. The first-order valence-corrected chi connectivity index (χ1v) is 7.12. The maximum absolute atomic E-state index is 9.55. The van der Waals surface area contributed by atoms with Gasteiger partial charge >= 0.3 is 0 Å². The zero-order valence-corrected chi connectivity index (χ0v) is 12.7. The lowest BCUT2D eigenvalue weighted by Crippen LogP contribution is -1.87. The zero-order valence-electron chi connectivity index (χ0n) is 11.9. The lowest BCUT2D eigenvalue weighted by atomic mass is 10.0. The molecule has 1 N–H and O–H groups in total. The number of fused-ring (bicyclic) bond motifs is 1. The third-order valence-corrected chi connectivity index (χ3v) is 3.73. The molecule has 0 saturated carbocycles. The first-order valence-electron chi connectivity index (χ1n) is 6.75. The Balaban J connectivity index is 2.16. The van der Waals surface area contributed by atoms with Crippen LogP contribution >= 0.6 is 11.6 Å². The molecule has 0 amide bonds. The van der Waals surface area contributed by atoms with Crippen molar-refractivity contribution in [1.82, 2.24) is 4.98 Å². The van der Waals surface area contributed by atoms with Gasteiger partial charge in [-0.3, -0.25) is 0 Å². The predicted molar refractivity (Wildman–Crippen MR) is 89.8 cm³/mol. The summed E-state index contributed by atoms with van der Waals surface area (Å²) in [5, 5.41) is 11.1. The third-order valence-electron chi connectivity index (χ3n) is 3.49. The molecule has 108 valence electrons. The van der Waals surface area contributed by atoms with Crippen LogP contribution in [0.5, 0.6) is 5.75 Å². The third kappa shape index (κ3) is 2.57. The number of methoxy groups -OCH3 is 1. The molecule has 1 aromatic heterocycles. The minimum absolute atomic E-state index is 0.554. The molecule has 0 bridgehead atoms. The van der Waals surface area contributed by atoms with Crippen molar-refractivity contribution >= 4 is 34.2 Å². The van der Waals surface area contributed by atoms with Gasteiger partial charge in [0.05, 0.1) is 18.8 Å². The Bertz CT molecular complexity index is 903. The Morgan fingerprint density at radius 2 is 2.09 bits per heavy atom.